The Morgan fingerprint density at radius 3 is 2.37 bits per heavy atom. The SMILES string of the molecule is CC(C)(C)[Si](C)(C)OCCN1CCC[C@@](/C=C\I)(CC(=O)OCC[Si](C)(C)C)C1=O. The van der Waals surface area contributed by atoms with Gasteiger partial charge in [-0.15, -0.1) is 0 Å². The molecule has 1 aliphatic heterocycles. The number of hydrogen-bond donors (Lipinski definition) is 0. The van der Waals surface area contributed by atoms with Crippen LogP contribution >= 0.6 is 22.6 Å². The van der Waals surface area contributed by atoms with E-state index in [4.69, 9.17) is 9.16 Å². The van der Waals surface area contributed by atoms with Crippen LogP contribution in [0, 0.1) is 5.41 Å². The van der Waals surface area contributed by atoms with E-state index in [0.29, 0.717) is 26.2 Å². The van der Waals surface area contributed by atoms with Crippen molar-refractivity contribution < 1.29 is 18.8 Å². The molecular formula is C22H42INO4Si2. The number of nitrogens with zero attached hydrogens (tertiary/aromatic N) is 1. The van der Waals surface area contributed by atoms with Crippen molar-refractivity contribution in [3.8, 4) is 0 Å². The summed E-state index contributed by atoms with van der Waals surface area (Å²) in [6.45, 7) is 20.2. The van der Waals surface area contributed by atoms with E-state index in [2.05, 4.69) is 76.1 Å². The van der Waals surface area contributed by atoms with Gasteiger partial charge in [0.25, 0.3) is 0 Å². The van der Waals surface area contributed by atoms with Gasteiger partial charge in [-0.05, 0) is 41.1 Å². The number of rotatable bonds is 10. The van der Waals surface area contributed by atoms with E-state index in [1.165, 1.54) is 0 Å². The maximum Gasteiger partial charge on any atom is 0.307 e. The smallest absolute Gasteiger partial charge is 0.307 e. The molecule has 0 aliphatic carbocycles. The van der Waals surface area contributed by atoms with E-state index in [9.17, 15) is 9.59 Å². The van der Waals surface area contributed by atoms with Crippen LogP contribution in [0.25, 0.3) is 0 Å². The summed E-state index contributed by atoms with van der Waals surface area (Å²) < 4.78 is 13.6. The molecule has 30 heavy (non-hydrogen) atoms. The fraction of sp³-hybridized carbons (Fsp3) is 0.818. The van der Waals surface area contributed by atoms with E-state index in [1.54, 1.807) is 0 Å². The molecule has 0 saturated carbocycles. The standard InChI is InChI=1S/C22H42INO4Si2/c1-21(2,3)30(7,8)28-15-14-24-13-9-10-22(11-12-23,20(24)26)18-19(25)27-16-17-29(4,5)6/h11-12H,9-10,13-18H2,1-8H3/b12-11-/t22-/m1/s1. The highest BCUT2D eigenvalue weighted by atomic mass is 127. The average molecular weight is 568 g/mol. The molecule has 0 spiro atoms. The molecule has 0 N–H and O–H groups in total. The highest BCUT2D eigenvalue weighted by Gasteiger charge is 2.44. The van der Waals surface area contributed by atoms with Gasteiger partial charge in [0.15, 0.2) is 8.32 Å². The molecule has 1 saturated heterocycles. The zero-order valence-corrected chi connectivity index (χ0v) is 24.4. The summed E-state index contributed by atoms with van der Waals surface area (Å²) >= 11 is 2.13. The highest BCUT2D eigenvalue weighted by Crippen LogP contribution is 2.38. The average Bonchev–Trinajstić information content (AvgIpc) is 2.56. The minimum Gasteiger partial charge on any atom is -0.466 e. The molecule has 0 bridgehead atoms. The van der Waals surface area contributed by atoms with Crippen LogP contribution in [0.1, 0.15) is 40.0 Å². The molecule has 0 aromatic heterocycles. The summed E-state index contributed by atoms with van der Waals surface area (Å²) in [6, 6.07) is 0.943. The first-order valence-electron chi connectivity index (χ1n) is 11.0. The van der Waals surface area contributed by atoms with Crippen molar-refractivity contribution in [1.82, 2.24) is 4.90 Å². The molecule has 5 nitrogen and oxygen atoms in total. The Hall–Kier alpha value is -0.196. The fourth-order valence-electron chi connectivity index (χ4n) is 3.23. The predicted molar refractivity (Wildman–Crippen MR) is 138 cm³/mol. The zero-order valence-electron chi connectivity index (χ0n) is 20.3. The van der Waals surface area contributed by atoms with E-state index in [0.717, 1.165) is 19.0 Å². The topological polar surface area (TPSA) is 55.8 Å². The van der Waals surface area contributed by atoms with E-state index < -0.39 is 21.8 Å². The monoisotopic (exact) mass is 567 g/mol. The largest absolute Gasteiger partial charge is 0.466 e. The third-order valence-corrected chi connectivity index (χ3v) is 13.0. The van der Waals surface area contributed by atoms with Gasteiger partial charge < -0.3 is 14.1 Å². The van der Waals surface area contributed by atoms with Gasteiger partial charge in [-0.1, -0.05) is 69.1 Å². The maximum absolute atomic E-state index is 13.4. The lowest BCUT2D eigenvalue weighted by Gasteiger charge is -2.41. The minimum atomic E-state index is -1.84. The molecule has 1 amide bonds. The highest BCUT2D eigenvalue weighted by molar-refractivity contribution is 14.1. The summed E-state index contributed by atoms with van der Waals surface area (Å²) in [5, 5.41) is 0.145. The first-order valence-corrected chi connectivity index (χ1v) is 18.9. The number of ether oxygens (including phenoxy) is 1. The Balaban J connectivity index is 2.76. The van der Waals surface area contributed by atoms with E-state index in [1.807, 2.05) is 15.1 Å². The molecular weight excluding hydrogens is 525 g/mol. The van der Waals surface area contributed by atoms with Crippen LogP contribution in [-0.4, -0.2) is 59.5 Å². The summed E-state index contributed by atoms with van der Waals surface area (Å²) in [5.41, 5.74) is -0.785. The van der Waals surface area contributed by atoms with Crippen LogP contribution < -0.4 is 0 Å². The molecule has 1 aliphatic rings. The second-order valence-corrected chi connectivity index (χ2v) is 22.3. The van der Waals surface area contributed by atoms with Crippen molar-refractivity contribution in [2.75, 3.05) is 26.3 Å². The van der Waals surface area contributed by atoms with Gasteiger partial charge in [-0.25, -0.2) is 0 Å². The molecule has 1 atom stereocenters. The van der Waals surface area contributed by atoms with Crippen molar-refractivity contribution >= 4 is 50.9 Å². The molecule has 0 unspecified atom stereocenters. The van der Waals surface area contributed by atoms with Crippen LogP contribution in [0.3, 0.4) is 0 Å². The Bertz CT molecular complexity index is 626. The second kappa shape index (κ2) is 11.1. The molecule has 8 heteroatoms. The number of halogens is 1. The van der Waals surface area contributed by atoms with Crippen LogP contribution in [-0.2, 0) is 18.8 Å². The van der Waals surface area contributed by atoms with Gasteiger partial charge in [0.2, 0.25) is 5.91 Å². The summed E-state index contributed by atoms with van der Waals surface area (Å²) in [4.78, 5) is 27.8. The van der Waals surface area contributed by atoms with Crippen LogP contribution in [0.5, 0.6) is 0 Å². The van der Waals surface area contributed by atoms with Gasteiger partial charge in [0.05, 0.1) is 25.0 Å². The van der Waals surface area contributed by atoms with Crippen LogP contribution in [0.2, 0.25) is 43.8 Å². The van der Waals surface area contributed by atoms with Crippen LogP contribution in [0.15, 0.2) is 10.2 Å². The van der Waals surface area contributed by atoms with Crippen molar-refractivity contribution in [3.63, 3.8) is 0 Å². The van der Waals surface area contributed by atoms with Crippen molar-refractivity contribution in [2.24, 2.45) is 5.41 Å². The molecule has 1 rings (SSSR count). The first kappa shape index (κ1) is 27.8. The van der Waals surface area contributed by atoms with Gasteiger partial charge >= 0.3 is 5.97 Å². The Morgan fingerprint density at radius 1 is 1.20 bits per heavy atom. The minimum absolute atomic E-state index is 0.0302. The summed E-state index contributed by atoms with van der Waals surface area (Å²) in [6.07, 6.45) is 3.59. The Morgan fingerprint density at radius 2 is 1.83 bits per heavy atom. The van der Waals surface area contributed by atoms with Gasteiger partial charge in [0, 0.05) is 21.2 Å². The van der Waals surface area contributed by atoms with Crippen LogP contribution in [0.4, 0.5) is 0 Å². The molecule has 0 radical (unpaired) electrons. The van der Waals surface area contributed by atoms with Crippen molar-refractivity contribution in [2.45, 2.75) is 83.9 Å². The molecule has 174 valence electrons. The first-order chi connectivity index (χ1) is 13.6. The number of hydrogen-bond acceptors (Lipinski definition) is 4. The number of carbonyl (C=O) groups is 2. The molecule has 1 heterocycles. The number of likely N-dealkylation sites (tertiary alicyclic amines) is 1. The molecule has 0 aromatic rings. The summed E-state index contributed by atoms with van der Waals surface area (Å²) in [5.74, 6) is -0.238. The lowest BCUT2D eigenvalue weighted by atomic mass is 9.76. The normalized spacial score (nSPS) is 21.4. The number of piperidine rings is 1. The number of carbonyl (C=O) groups excluding carboxylic acids is 2. The van der Waals surface area contributed by atoms with Gasteiger partial charge in [-0.3, -0.25) is 9.59 Å². The van der Waals surface area contributed by atoms with Crippen molar-refractivity contribution in [1.29, 1.82) is 0 Å². The second-order valence-electron chi connectivity index (χ2n) is 11.2. The van der Waals surface area contributed by atoms with Gasteiger partial charge in [0.1, 0.15) is 0 Å². The number of esters is 1. The van der Waals surface area contributed by atoms with E-state index in [-0.39, 0.29) is 23.3 Å². The van der Waals surface area contributed by atoms with Crippen molar-refractivity contribution in [3.05, 3.63) is 10.2 Å². The lowest BCUT2D eigenvalue weighted by molar-refractivity contribution is -0.154. The third-order valence-electron chi connectivity index (χ3n) is 6.35. The summed E-state index contributed by atoms with van der Waals surface area (Å²) in [7, 11) is -3.10. The van der Waals surface area contributed by atoms with Gasteiger partial charge in [-0.2, -0.15) is 0 Å². The third kappa shape index (κ3) is 8.39. The maximum atomic E-state index is 13.4. The zero-order chi connectivity index (χ0) is 23.2. The lowest BCUT2D eigenvalue weighted by Crippen LogP contribution is -2.51. The molecule has 0 aromatic carbocycles. The molecule has 1 fully saturated rings. The quantitative estimate of drug-likeness (QED) is 0.189. The number of amides is 1. The predicted octanol–water partition coefficient (Wildman–Crippen LogP) is 5.84. The fourth-order valence-corrected chi connectivity index (χ4v) is 5.66. The Labute approximate surface area is 199 Å². The Kier molecular flexibility index (Phi) is 10.3. The van der Waals surface area contributed by atoms with E-state index >= 15 is 0 Å².